The van der Waals surface area contributed by atoms with E-state index < -0.39 is 5.91 Å². The molecule has 4 rings (SSSR count). The normalized spacial score (nSPS) is 11.2. The number of para-hydroxylation sites is 2. The highest BCUT2D eigenvalue weighted by atomic mass is 16.5. The number of nitrogens with zero attached hydrogens (tertiary/aromatic N) is 3. The Kier molecular flexibility index (Phi) is 5.57. The summed E-state index contributed by atoms with van der Waals surface area (Å²) in [6.07, 6.45) is 0. The molecule has 30 heavy (non-hydrogen) atoms. The van der Waals surface area contributed by atoms with E-state index in [-0.39, 0.29) is 18.2 Å². The molecule has 1 amide bonds. The molecule has 6 nitrogen and oxygen atoms in total. The van der Waals surface area contributed by atoms with Crippen molar-refractivity contribution in [3.63, 3.8) is 0 Å². The summed E-state index contributed by atoms with van der Waals surface area (Å²) in [5.41, 5.74) is 3.02. The van der Waals surface area contributed by atoms with E-state index in [0.29, 0.717) is 12.3 Å². The zero-order valence-corrected chi connectivity index (χ0v) is 16.5. The summed E-state index contributed by atoms with van der Waals surface area (Å²) in [6, 6.07) is 24.8. The van der Waals surface area contributed by atoms with Crippen molar-refractivity contribution in [1.82, 2.24) is 4.57 Å². The standard InChI is InChI=1S/C24H21N3O3/c1-2-27-20-14-8-6-13-19(20)23(24(27)29)26-25-22(28)16-30-21-15-9-7-12-18(21)17-10-4-3-5-11-17/h3-15,29H,2,16H2,1H3. The van der Waals surface area contributed by atoms with Crippen molar-refractivity contribution in [1.29, 1.82) is 0 Å². The van der Waals surface area contributed by atoms with Crippen LogP contribution in [-0.2, 0) is 11.3 Å². The van der Waals surface area contributed by atoms with Crippen molar-refractivity contribution in [3.05, 3.63) is 78.9 Å². The number of rotatable bonds is 6. The summed E-state index contributed by atoms with van der Waals surface area (Å²) < 4.78 is 7.44. The monoisotopic (exact) mass is 399 g/mol. The quantitative estimate of drug-likeness (QED) is 0.421. The third kappa shape index (κ3) is 3.80. The predicted octanol–water partition coefficient (Wildman–Crippen LogP) is 5.72. The number of azo groups is 1. The second kappa shape index (κ2) is 8.61. The fourth-order valence-electron chi connectivity index (χ4n) is 3.41. The number of amides is 1. The number of aromatic nitrogens is 1. The van der Waals surface area contributed by atoms with Gasteiger partial charge in [-0.3, -0.25) is 4.79 Å². The lowest BCUT2D eigenvalue weighted by atomic mass is 10.1. The zero-order chi connectivity index (χ0) is 20.9. The molecule has 0 radical (unpaired) electrons. The van der Waals surface area contributed by atoms with Crippen molar-refractivity contribution >= 4 is 22.5 Å². The molecule has 3 aromatic carbocycles. The van der Waals surface area contributed by atoms with Gasteiger partial charge in [0.15, 0.2) is 12.3 Å². The Morgan fingerprint density at radius 2 is 1.67 bits per heavy atom. The fourth-order valence-corrected chi connectivity index (χ4v) is 3.41. The van der Waals surface area contributed by atoms with Gasteiger partial charge in [0.1, 0.15) is 5.75 Å². The number of hydrogen-bond acceptors (Lipinski definition) is 4. The van der Waals surface area contributed by atoms with Crippen LogP contribution in [0.25, 0.3) is 22.0 Å². The van der Waals surface area contributed by atoms with E-state index in [4.69, 9.17) is 4.74 Å². The molecule has 0 saturated heterocycles. The van der Waals surface area contributed by atoms with Gasteiger partial charge in [0, 0.05) is 17.5 Å². The molecule has 0 atom stereocenters. The van der Waals surface area contributed by atoms with E-state index in [1.807, 2.05) is 85.8 Å². The molecule has 0 bridgehead atoms. The van der Waals surface area contributed by atoms with Crippen LogP contribution in [0.4, 0.5) is 5.69 Å². The zero-order valence-electron chi connectivity index (χ0n) is 16.5. The number of hydrogen-bond donors (Lipinski definition) is 1. The molecule has 0 aliphatic carbocycles. The third-order valence-electron chi connectivity index (χ3n) is 4.82. The lowest BCUT2D eigenvalue weighted by Crippen LogP contribution is -2.08. The highest BCUT2D eigenvalue weighted by Gasteiger charge is 2.15. The number of carbonyl (C=O) groups is 1. The van der Waals surface area contributed by atoms with Crippen LogP contribution in [0.3, 0.4) is 0 Å². The van der Waals surface area contributed by atoms with Gasteiger partial charge in [-0.2, -0.15) is 0 Å². The minimum atomic E-state index is -0.536. The average Bonchev–Trinajstić information content (AvgIpc) is 3.07. The Balaban J connectivity index is 1.52. The van der Waals surface area contributed by atoms with Crippen LogP contribution in [0.1, 0.15) is 6.92 Å². The third-order valence-corrected chi connectivity index (χ3v) is 4.82. The van der Waals surface area contributed by atoms with Gasteiger partial charge in [0.05, 0.1) is 5.52 Å². The van der Waals surface area contributed by atoms with E-state index in [1.54, 1.807) is 4.57 Å². The highest BCUT2D eigenvalue weighted by molar-refractivity contribution is 5.95. The van der Waals surface area contributed by atoms with E-state index in [1.165, 1.54) is 0 Å². The average molecular weight is 399 g/mol. The van der Waals surface area contributed by atoms with Crippen LogP contribution >= 0.6 is 0 Å². The fraction of sp³-hybridized carbons (Fsp3) is 0.125. The van der Waals surface area contributed by atoms with Crippen LogP contribution < -0.4 is 4.74 Å². The molecule has 1 heterocycles. The first kappa shape index (κ1) is 19.4. The maximum Gasteiger partial charge on any atom is 0.302 e. The Labute approximate surface area is 174 Å². The summed E-state index contributed by atoms with van der Waals surface area (Å²) >= 11 is 0. The first-order chi connectivity index (χ1) is 14.7. The summed E-state index contributed by atoms with van der Waals surface area (Å²) in [6.45, 7) is 2.26. The van der Waals surface area contributed by atoms with Crippen molar-refractivity contribution in [2.24, 2.45) is 10.2 Å². The largest absolute Gasteiger partial charge is 0.493 e. The Hall–Kier alpha value is -3.93. The number of fused-ring (bicyclic) bond motifs is 1. The maximum atomic E-state index is 12.3. The Bertz CT molecular complexity index is 1210. The molecular formula is C24H21N3O3. The van der Waals surface area contributed by atoms with E-state index >= 15 is 0 Å². The van der Waals surface area contributed by atoms with Gasteiger partial charge >= 0.3 is 5.91 Å². The second-order valence-corrected chi connectivity index (χ2v) is 6.68. The molecule has 0 unspecified atom stereocenters. The molecule has 150 valence electrons. The smallest absolute Gasteiger partial charge is 0.302 e. The number of aryl methyl sites for hydroxylation is 1. The van der Waals surface area contributed by atoms with Crippen LogP contribution in [0.2, 0.25) is 0 Å². The van der Waals surface area contributed by atoms with Gasteiger partial charge in [-0.05, 0) is 24.6 Å². The molecule has 0 aliphatic heterocycles. The molecule has 0 spiro atoms. The minimum absolute atomic E-state index is 0.00871. The highest BCUT2D eigenvalue weighted by Crippen LogP contribution is 2.38. The van der Waals surface area contributed by atoms with Gasteiger partial charge in [-0.25, -0.2) is 0 Å². The lowest BCUT2D eigenvalue weighted by Gasteiger charge is -2.10. The van der Waals surface area contributed by atoms with Gasteiger partial charge in [-0.1, -0.05) is 66.7 Å². The number of benzene rings is 3. The van der Waals surface area contributed by atoms with Crippen LogP contribution in [-0.4, -0.2) is 22.2 Å². The number of aromatic hydroxyl groups is 1. The molecular weight excluding hydrogens is 378 g/mol. The second-order valence-electron chi connectivity index (χ2n) is 6.68. The SMILES string of the molecule is CCn1c(O)c(N=NC(=O)COc2ccccc2-c2ccccc2)c2ccccc21. The molecule has 1 N–H and O–H groups in total. The topological polar surface area (TPSA) is 76.2 Å². The predicted molar refractivity (Wildman–Crippen MR) is 116 cm³/mol. The summed E-state index contributed by atoms with van der Waals surface area (Å²) in [5.74, 6) is 0.0499. The Morgan fingerprint density at radius 1 is 0.967 bits per heavy atom. The molecule has 1 aromatic heterocycles. The molecule has 0 fully saturated rings. The Morgan fingerprint density at radius 3 is 2.47 bits per heavy atom. The van der Waals surface area contributed by atoms with Gasteiger partial charge < -0.3 is 14.4 Å². The molecule has 6 heteroatoms. The first-order valence-corrected chi connectivity index (χ1v) is 9.71. The molecule has 0 saturated carbocycles. The first-order valence-electron chi connectivity index (χ1n) is 9.71. The van der Waals surface area contributed by atoms with Gasteiger partial charge in [0.2, 0.25) is 5.88 Å². The van der Waals surface area contributed by atoms with Crippen molar-refractivity contribution in [2.45, 2.75) is 13.5 Å². The van der Waals surface area contributed by atoms with Crippen molar-refractivity contribution in [3.8, 4) is 22.8 Å². The lowest BCUT2D eigenvalue weighted by molar-refractivity contribution is -0.120. The van der Waals surface area contributed by atoms with Crippen LogP contribution in [0.5, 0.6) is 11.6 Å². The summed E-state index contributed by atoms with van der Waals surface area (Å²) in [5, 5.41) is 19.0. The molecule has 4 aromatic rings. The summed E-state index contributed by atoms with van der Waals surface area (Å²) in [7, 11) is 0. The molecule has 0 aliphatic rings. The number of carbonyl (C=O) groups excluding carboxylic acids is 1. The minimum Gasteiger partial charge on any atom is -0.493 e. The van der Waals surface area contributed by atoms with Crippen molar-refractivity contribution < 1.29 is 14.6 Å². The van der Waals surface area contributed by atoms with Crippen LogP contribution in [0, 0.1) is 0 Å². The number of ether oxygens (including phenoxy) is 1. The van der Waals surface area contributed by atoms with E-state index in [0.717, 1.165) is 22.0 Å². The van der Waals surface area contributed by atoms with Gasteiger partial charge in [-0.15, -0.1) is 10.2 Å². The van der Waals surface area contributed by atoms with Gasteiger partial charge in [0.25, 0.3) is 0 Å². The summed E-state index contributed by atoms with van der Waals surface area (Å²) in [4.78, 5) is 12.3. The maximum absolute atomic E-state index is 12.3. The van der Waals surface area contributed by atoms with Crippen LogP contribution in [0.15, 0.2) is 89.1 Å². The van der Waals surface area contributed by atoms with Crippen molar-refractivity contribution in [2.75, 3.05) is 6.61 Å². The van der Waals surface area contributed by atoms with E-state index in [9.17, 15) is 9.90 Å². The van der Waals surface area contributed by atoms with E-state index in [2.05, 4.69) is 10.2 Å².